The van der Waals surface area contributed by atoms with Crippen molar-refractivity contribution in [3.8, 4) is 6.07 Å². The van der Waals surface area contributed by atoms with Gasteiger partial charge in [-0.2, -0.15) is 22.8 Å². The lowest BCUT2D eigenvalue weighted by Gasteiger charge is -2.39. The van der Waals surface area contributed by atoms with Gasteiger partial charge in [-0.15, -0.1) is 0 Å². The monoisotopic (exact) mass is 712 g/mol. The van der Waals surface area contributed by atoms with E-state index in [-0.39, 0.29) is 42.0 Å². The lowest BCUT2D eigenvalue weighted by Crippen LogP contribution is -2.59. The number of ether oxygens (including phenoxy) is 1. The highest BCUT2D eigenvalue weighted by Gasteiger charge is 2.47. The van der Waals surface area contributed by atoms with Gasteiger partial charge >= 0.3 is 12.3 Å². The molecule has 1 aliphatic heterocycles. The SMILES string of the molecule is Cc1c(C#N)c(C(F)(F)F)nc(N2CCCC(F)(F)CC2)c1C(=O)Nc1cccc([S@@](C)(=O)=NC(=O)C2(NC(=O)OC(C)(C)C)CCC2)c1. The molecule has 0 spiro atoms. The van der Waals surface area contributed by atoms with Crippen molar-refractivity contribution >= 4 is 39.1 Å². The Bertz CT molecular complexity index is 1820. The maximum atomic E-state index is 14.2. The van der Waals surface area contributed by atoms with Crippen LogP contribution in [-0.2, 0) is 25.4 Å². The highest BCUT2D eigenvalue weighted by Crippen LogP contribution is 2.38. The van der Waals surface area contributed by atoms with Gasteiger partial charge < -0.3 is 20.3 Å². The van der Waals surface area contributed by atoms with E-state index in [0.717, 1.165) is 6.92 Å². The summed E-state index contributed by atoms with van der Waals surface area (Å²) in [6.07, 6.45) is -4.86. The van der Waals surface area contributed by atoms with Crippen molar-refractivity contribution in [1.82, 2.24) is 10.3 Å². The fourth-order valence-corrected chi connectivity index (χ4v) is 6.80. The van der Waals surface area contributed by atoms with Gasteiger partial charge in [0.15, 0.2) is 5.69 Å². The number of alkyl carbamates (subject to hydrolysis) is 1. The van der Waals surface area contributed by atoms with Gasteiger partial charge in [-0.3, -0.25) is 9.59 Å². The van der Waals surface area contributed by atoms with Crippen LogP contribution in [0.15, 0.2) is 33.5 Å². The van der Waals surface area contributed by atoms with Crippen molar-refractivity contribution in [3.05, 3.63) is 46.6 Å². The van der Waals surface area contributed by atoms with Gasteiger partial charge in [-0.05, 0) is 77.1 Å². The summed E-state index contributed by atoms with van der Waals surface area (Å²) in [5.74, 6) is -5.38. The molecule has 0 radical (unpaired) electrons. The molecule has 4 rings (SSSR count). The molecule has 2 aliphatic rings. The highest BCUT2D eigenvalue weighted by atomic mass is 32.2. The number of hydrogen-bond donors (Lipinski definition) is 2. The van der Waals surface area contributed by atoms with Crippen molar-refractivity contribution in [2.75, 3.05) is 29.6 Å². The first-order valence-electron chi connectivity index (χ1n) is 15.4. The molecule has 2 N–H and O–H groups in total. The van der Waals surface area contributed by atoms with Crippen LogP contribution in [0.3, 0.4) is 0 Å². The quantitative estimate of drug-likeness (QED) is 0.318. The van der Waals surface area contributed by atoms with Gasteiger partial charge in [0.05, 0.1) is 20.9 Å². The van der Waals surface area contributed by atoms with E-state index >= 15 is 0 Å². The Labute approximate surface area is 280 Å². The molecule has 49 heavy (non-hydrogen) atoms. The van der Waals surface area contributed by atoms with Crippen molar-refractivity contribution in [2.24, 2.45) is 4.36 Å². The number of benzene rings is 1. The summed E-state index contributed by atoms with van der Waals surface area (Å²) < 4.78 is 93.2. The predicted molar refractivity (Wildman–Crippen MR) is 170 cm³/mol. The molecule has 1 aromatic heterocycles. The summed E-state index contributed by atoms with van der Waals surface area (Å²) in [6.45, 7) is 5.61. The third-order valence-electron chi connectivity index (χ3n) is 8.20. The van der Waals surface area contributed by atoms with Crippen LogP contribution < -0.4 is 15.5 Å². The van der Waals surface area contributed by atoms with Gasteiger partial charge in [0.25, 0.3) is 11.8 Å². The van der Waals surface area contributed by atoms with Crippen LogP contribution >= 0.6 is 0 Å². The van der Waals surface area contributed by atoms with Crippen LogP contribution in [0.5, 0.6) is 0 Å². The molecule has 0 bridgehead atoms. The number of carbonyl (C=O) groups excluding carboxylic acids is 3. The average molecular weight is 713 g/mol. The zero-order valence-electron chi connectivity index (χ0n) is 27.6. The van der Waals surface area contributed by atoms with E-state index in [2.05, 4.69) is 20.0 Å². The summed E-state index contributed by atoms with van der Waals surface area (Å²) >= 11 is 0. The minimum atomic E-state index is -5.08. The number of alkyl halides is 5. The van der Waals surface area contributed by atoms with Crippen LogP contribution in [0, 0.1) is 18.3 Å². The first-order chi connectivity index (χ1) is 22.6. The smallest absolute Gasteiger partial charge is 0.434 e. The van der Waals surface area contributed by atoms with Gasteiger partial charge in [0, 0.05) is 42.8 Å². The Balaban J connectivity index is 1.68. The molecule has 2 heterocycles. The number of aromatic nitrogens is 1. The van der Waals surface area contributed by atoms with Crippen LogP contribution in [0.4, 0.5) is 38.3 Å². The number of nitriles is 1. The number of halogens is 5. The molecular formula is C32H37F5N6O5S. The van der Waals surface area contributed by atoms with E-state index in [1.54, 1.807) is 20.8 Å². The Morgan fingerprint density at radius 2 is 1.76 bits per heavy atom. The summed E-state index contributed by atoms with van der Waals surface area (Å²) in [4.78, 5) is 44.3. The van der Waals surface area contributed by atoms with Gasteiger partial charge in [0.2, 0.25) is 5.92 Å². The van der Waals surface area contributed by atoms with Crippen molar-refractivity contribution < 1.29 is 45.3 Å². The standard InChI is InChI=1S/C32H37F5N6O5S/c1-19-22(18-38)24(32(35,36)37)40-25(43-15-8-13-31(33,34)14-16-43)23(19)26(44)39-20-9-6-10-21(17-20)49(5,47)42-27(45)30(11-7-12-30)41-28(46)48-29(2,3)4/h6,9-10,17H,7-8,11-16H2,1-5H3,(H,39,44)(H,41,46)/t49-/m1/s1. The first-order valence-corrected chi connectivity index (χ1v) is 17.3. The molecule has 2 aromatic rings. The molecule has 17 heteroatoms. The highest BCUT2D eigenvalue weighted by molar-refractivity contribution is 7.93. The van der Waals surface area contributed by atoms with Crippen LogP contribution in [-0.4, -0.2) is 63.5 Å². The third-order valence-corrected chi connectivity index (χ3v) is 9.84. The largest absolute Gasteiger partial charge is 0.444 e. The zero-order valence-corrected chi connectivity index (χ0v) is 28.4. The summed E-state index contributed by atoms with van der Waals surface area (Å²) in [6, 6.07) is 6.91. The fourth-order valence-electron chi connectivity index (χ4n) is 5.53. The molecule has 1 saturated carbocycles. The molecule has 1 aromatic carbocycles. The van der Waals surface area contributed by atoms with E-state index in [0.29, 0.717) is 6.42 Å². The fraction of sp³-hybridized carbons (Fsp3) is 0.531. The van der Waals surface area contributed by atoms with Crippen LogP contribution in [0.1, 0.15) is 86.5 Å². The van der Waals surface area contributed by atoms with Gasteiger partial charge in [-0.25, -0.2) is 22.8 Å². The molecule has 266 valence electrons. The number of rotatable bonds is 6. The first kappa shape index (κ1) is 37.5. The van der Waals surface area contributed by atoms with Crippen molar-refractivity contribution in [1.29, 1.82) is 5.26 Å². The summed E-state index contributed by atoms with van der Waals surface area (Å²) in [5.41, 5.74) is -5.42. The summed E-state index contributed by atoms with van der Waals surface area (Å²) in [7, 11) is -3.47. The zero-order chi connectivity index (χ0) is 36.6. The minimum Gasteiger partial charge on any atom is -0.444 e. The lowest BCUT2D eigenvalue weighted by molar-refractivity contribution is -0.141. The Morgan fingerprint density at radius 3 is 2.33 bits per heavy atom. The third kappa shape index (κ3) is 8.64. The Kier molecular flexibility index (Phi) is 10.3. The van der Waals surface area contributed by atoms with Gasteiger partial charge in [0.1, 0.15) is 23.0 Å². The molecule has 3 amide bonds. The molecule has 1 saturated heterocycles. The van der Waals surface area contributed by atoms with Crippen LogP contribution in [0.25, 0.3) is 0 Å². The maximum absolute atomic E-state index is 14.2. The second-order valence-corrected chi connectivity index (χ2v) is 15.5. The molecular weight excluding hydrogens is 675 g/mol. The average Bonchev–Trinajstić information content (AvgIpc) is 3.12. The van der Waals surface area contributed by atoms with E-state index in [1.807, 2.05) is 0 Å². The van der Waals surface area contributed by atoms with E-state index < -0.39 is 92.9 Å². The normalized spacial score (nSPS) is 18.5. The molecule has 0 unspecified atom stereocenters. The number of carbonyl (C=O) groups is 3. The molecule has 1 aliphatic carbocycles. The molecule has 11 nitrogen and oxygen atoms in total. The lowest BCUT2D eigenvalue weighted by atomic mass is 9.76. The maximum Gasteiger partial charge on any atom is 0.434 e. The number of anilines is 2. The molecule has 1 atom stereocenters. The number of nitrogens with one attached hydrogen (secondary N) is 2. The molecule has 2 fully saturated rings. The van der Waals surface area contributed by atoms with Crippen molar-refractivity contribution in [2.45, 2.75) is 94.4 Å². The van der Waals surface area contributed by atoms with E-state index in [9.17, 15) is 45.8 Å². The predicted octanol–water partition coefficient (Wildman–Crippen LogP) is 6.59. The Hall–Kier alpha value is -4.33. The van der Waals surface area contributed by atoms with E-state index in [1.165, 1.54) is 41.5 Å². The second kappa shape index (κ2) is 13.5. The number of hydrogen-bond acceptors (Lipinski definition) is 8. The van der Waals surface area contributed by atoms with Gasteiger partial charge in [-0.1, -0.05) is 6.07 Å². The van der Waals surface area contributed by atoms with Crippen molar-refractivity contribution in [3.63, 3.8) is 0 Å². The minimum absolute atomic E-state index is 0.0103. The number of pyridine rings is 1. The van der Waals surface area contributed by atoms with E-state index in [4.69, 9.17) is 4.74 Å². The van der Waals surface area contributed by atoms with Crippen LogP contribution in [0.2, 0.25) is 0 Å². The second-order valence-electron chi connectivity index (χ2n) is 13.2. The topological polar surface area (TPSA) is 154 Å². The summed E-state index contributed by atoms with van der Waals surface area (Å²) in [5, 5.41) is 14.7. The number of amides is 3. The number of nitrogens with zero attached hydrogens (tertiary/aromatic N) is 4. The Morgan fingerprint density at radius 1 is 1.08 bits per heavy atom.